The Labute approximate surface area is 150 Å². The van der Waals surface area contributed by atoms with E-state index >= 15 is 0 Å². The Bertz CT molecular complexity index is 699. The third kappa shape index (κ3) is 5.38. The molecular formula is C21H27N3O. The van der Waals surface area contributed by atoms with Gasteiger partial charge in [0, 0.05) is 50.3 Å². The van der Waals surface area contributed by atoms with Gasteiger partial charge in [-0.25, -0.2) is 0 Å². The van der Waals surface area contributed by atoms with Gasteiger partial charge in [0.2, 0.25) is 5.91 Å². The first-order chi connectivity index (χ1) is 12.0. The number of carbonyl (C=O) groups is 1. The molecule has 0 unspecified atom stereocenters. The molecule has 2 rings (SSSR count). The number of carbonyl (C=O) groups excluding carboxylic acids is 1. The van der Waals surface area contributed by atoms with E-state index in [1.165, 1.54) is 5.69 Å². The Hall–Kier alpha value is -2.75. The van der Waals surface area contributed by atoms with Crippen molar-refractivity contribution in [2.75, 3.05) is 42.3 Å². The van der Waals surface area contributed by atoms with Crippen LogP contribution in [0.2, 0.25) is 0 Å². The summed E-state index contributed by atoms with van der Waals surface area (Å²) in [6, 6.07) is 16.0. The maximum atomic E-state index is 12.1. The van der Waals surface area contributed by atoms with Crippen molar-refractivity contribution >= 4 is 29.0 Å². The summed E-state index contributed by atoms with van der Waals surface area (Å²) in [6.45, 7) is 6.21. The standard InChI is InChI=1S/C21H27N3O/c1-5-24(6-2)20-14-10-18(11-15-20)22-21(25)16-9-17-7-12-19(13-8-17)23(3)4/h7-16H,5-6H2,1-4H3,(H,22,25). The van der Waals surface area contributed by atoms with Crippen LogP contribution >= 0.6 is 0 Å². The number of rotatable bonds is 7. The second-order valence-electron chi connectivity index (χ2n) is 6.03. The lowest BCUT2D eigenvalue weighted by Gasteiger charge is -2.21. The zero-order valence-electron chi connectivity index (χ0n) is 15.5. The zero-order valence-corrected chi connectivity index (χ0v) is 15.5. The Kier molecular flexibility index (Phi) is 6.63. The van der Waals surface area contributed by atoms with Crippen molar-refractivity contribution in [2.24, 2.45) is 0 Å². The van der Waals surface area contributed by atoms with E-state index in [-0.39, 0.29) is 5.91 Å². The molecule has 2 aromatic carbocycles. The predicted octanol–water partition coefficient (Wildman–Crippen LogP) is 4.25. The fourth-order valence-corrected chi connectivity index (χ4v) is 2.58. The van der Waals surface area contributed by atoms with Crippen LogP contribution in [-0.2, 0) is 4.79 Å². The molecule has 0 aromatic heterocycles. The van der Waals surface area contributed by atoms with E-state index in [1.54, 1.807) is 6.08 Å². The number of nitrogens with zero attached hydrogens (tertiary/aromatic N) is 2. The normalized spacial score (nSPS) is 10.7. The van der Waals surface area contributed by atoms with Gasteiger partial charge in [0.05, 0.1) is 0 Å². The van der Waals surface area contributed by atoms with E-state index in [0.29, 0.717) is 0 Å². The van der Waals surface area contributed by atoms with Crippen LogP contribution in [0.15, 0.2) is 54.6 Å². The van der Waals surface area contributed by atoms with E-state index in [4.69, 9.17) is 0 Å². The van der Waals surface area contributed by atoms with Gasteiger partial charge in [-0.3, -0.25) is 4.79 Å². The first-order valence-corrected chi connectivity index (χ1v) is 8.65. The summed E-state index contributed by atoms with van der Waals surface area (Å²) >= 11 is 0. The van der Waals surface area contributed by atoms with Crippen LogP contribution in [0.4, 0.5) is 17.1 Å². The molecule has 0 heterocycles. The van der Waals surface area contributed by atoms with Gasteiger partial charge in [-0.05, 0) is 61.9 Å². The number of hydrogen-bond donors (Lipinski definition) is 1. The van der Waals surface area contributed by atoms with Gasteiger partial charge >= 0.3 is 0 Å². The van der Waals surface area contributed by atoms with E-state index in [0.717, 1.165) is 30.0 Å². The van der Waals surface area contributed by atoms with Gasteiger partial charge in [0.15, 0.2) is 0 Å². The molecule has 0 saturated carbocycles. The lowest BCUT2D eigenvalue weighted by Crippen LogP contribution is -2.21. The number of amides is 1. The van der Waals surface area contributed by atoms with Crippen LogP contribution in [0.5, 0.6) is 0 Å². The van der Waals surface area contributed by atoms with E-state index < -0.39 is 0 Å². The minimum absolute atomic E-state index is 0.132. The zero-order chi connectivity index (χ0) is 18.2. The number of anilines is 3. The molecule has 0 fully saturated rings. The van der Waals surface area contributed by atoms with Gasteiger partial charge in [0.1, 0.15) is 0 Å². The maximum Gasteiger partial charge on any atom is 0.248 e. The lowest BCUT2D eigenvalue weighted by atomic mass is 10.2. The summed E-state index contributed by atoms with van der Waals surface area (Å²) in [5.41, 5.74) is 4.10. The molecule has 1 amide bonds. The van der Waals surface area contributed by atoms with Gasteiger partial charge in [-0.2, -0.15) is 0 Å². The monoisotopic (exact) mass is 337 g/mol. The molecule has 0 aliphatic rings. The first-order valence-electron chi connectivity index (χ1n) is 8.65. The summed E-state index contributed by atoms with van der Waals surface area (Å²) in [6.07, 6.45) is 3.38. The predicted molar refractivity (Wildman–Crippen MR) is 108 cm³/mol. The summed E-state index contributed by atoms with van der Waals surface area (Å²) in [5, 5.41) is 2.89. The first kappa shape index (κ1) is 18.6. The second kappa shape index (κ2) is 8.92. The second-order valence-corrected chi connectivity index (χ2v) is 6.03. The molecule has 4 heteroatoms. The van der Waals surface area contributed by atoms with Gasteiger partial charge < -0.3 is 15.1 Å². The Morgan fingerprint density at radius 2 is 1.48 bits per heavy atom. The molecular weight excluding hydrogens is 310 g/mol. The minimum atomic E-state index is -0.132. The number of nitrogens with one attached hydrogen (secondary N) is 1. The minimum Gasteiger partial charge on any atom is -0.378 e. The molecule has 25 heavy (non-hydrogen) atoms. The van der Waals surface area contributed by atoms with Crippen molar-refractivity contribution in [1.82, 2.24) is 0 Å². The van der Waals surface area contributed by atoms with Crippen molar-refractivity contribution < 1.29 is 4.79 Å². The van der Waals surface area contributed by atoms with Crippen LogP contribution in [-0.4, -0.2) is 33.1 Å². The fourth-order valence-electron chi connectivity index (χ4n) is 2.58. The summed E-state index contributed by atoms with van der Waals surface area (Å²) < 4.78 is 0. The Morgan fingerprint density at radius 1 is 0.920 bits per heavy atom. The summed E-state index contributed by atoms with van der Waals surface area (Å²) in [4.78, 5) is 16.4. The molecule has 0 atom stereocenters. The van der Waals surface area contributed by atoms with Crippen LogP contribution < -0.4 is 15.1 Å². The largest absolute Gasteiger partial charge is 0.378 e. The average Bonchev–Trinajstić information content (AvgIpc) is 2.63. The Balaban J connectivity index is 1.95. The van der Waals surface area contributed by atoms with E-state index in [9.17, 15) is 4.79 Å². The van der Waals surface area contributed by atoms with E-state index in [1.807, 2.05) is 73.6 Å². The molecule has 0 radical (unpaired) electrons. The molecule has 4 nitrogen and oxygen atoms in total. The molecule has 0 spiro atoms. The molecule has 2 aromatic rings. The third-order valence-corrected chi connectivity index (χ3v) is 4.10. The number of hydrogen-bond acceptors (Lipinski definition) is 3. The number of benzene rings is 2. The van der Waals surface area contributed by atoms with Crippen molar-refractivity contribution in [3.63, 3.8) is 0 Å². The van der Waals surface area contributed by atoms with Gasteiger partial charge in [-0.15, -0.1) is 0 Å². The van der Waals surface area contributed by atoms with Crippen LogP contribution in [0, 0.1) is 0 Å². The molecule has 0 saturated heterocycles. The van der Waals surface area contributed by atoms with Crippen LogP contribution in [0.3, 0.4) is 0 Å². The topological polar surface area (TPSA) is 35.6 Å². The highest BCUT2D eigenvalue weighted by molar-refractivity contribution is 6.02. The van der Waals surface area contributed by atoms with E-state index in [2.05, 4.69) is 24.1 Å². The van der Waals surface area contributed by atoms with Crippen molar-refractivity contribution in [3.8, 4) is 0 Å². The highest BCUT2D eigenvalue weighted by atomic mass is 16.1. The summed E-state index contributed by atoms with van der Waals surface area (Å²) in [5.74, 6) is -0.132. The SMILES string of the molecule is CCN(CC)c1ccc(NC(=O)C=Cc2ccc(N(C)C)cc2)cc1. The molecule has 1 N–H and O–H groups in total. The Morgan fingerprint density at radius 3 is 2.00 bits per heavy atom. The quantitative estimate of drug-likeness (QED) is 0.767. The molecule has 132 valence electrons. The maximum absolute atomic E-state index is 12.1. The molecule has 0 bridgehead atoms. The third-order valence-electron chi connectivity index (χ3n) is 4.10. The van der Waals surface area contributed by atoms with Crippen LogP contribution in [0.25, 0.3) is 6.08 Å². The summed E-state index contributed by atoms with van der Waals surface area (Å²) in [7, 11) is 4.01. The molecule has 0 aliphatic heterocycles. The average molecular weight is 337 g/mol. The molecule has 0 aliphatic carbocycles. The smallest absolute Gasteiger partial charge is 0.248 e. The van der Waals surface area contributed by atoms with Crippen molar-refractivity contribution in [1.29, 1.82) is 0 Å². The highest BCUT2D eigenvalue weighted by Crippen LogP contribution is 2.18. The van der Waals surface area contributed by atoms with Crippen molar-refractivity contribution in [3.05, 3.63) is 60.2 Å². The fraction of sp³-hybridized carbons (Fsp3) is 0.286. The highest BCUT2D eigenvalue weighted by Gasteiger charge is 2.03. The lowest BCUT2D eigenvalue weighted by molar-refractivity contribution is -0.111. The van der Waals surface area contributed by atoms with Crippen LogP contribution in [0.1, 0.15) is 19.4 Å². The van der Waals surface area contributed by atoms with Gasteiger partial charge in [0.25, 0.3) is 0 Å². The van der Waals surface area contributed by atoms with Crippen molar-refractivity contribution in [2.45, 2.75) is 13.8 Å². The van der Waals surface area contributed by atoms with Gasteiger partial charge in [-0.1, -0.05) is 12.1 Å².